The van der Waals surface area contributed by atoms with Gasteiger partial charge in [-0.05, 0) is 11.0 Å². The predicted octanol–water partition coefficient (Wildman–Crippen LogP) is 4.06. The van der Waals surface area contributed by atoms with Gasteiger partial charge in [0.2, 0.25) is 0 Å². The smallest absolute Gasteiger partial charge is 0.276 e. The van der Waals surface area contributed by atoms with Crippen molar-refractivity contribution >= 4 is 5.91 Å². The number of aromatic nitrogens is 1. The van der Waals surface area contributed by atoms with E-state index >= 15 is 0 Å². The minimum Gasteiger partial charge on any atom is -0.447 e. The van der Waals surface area contributed by atoms with Gasteiger partial charge < -0.3 is 9.32 Å². The number of rotatable bonds is 3. The quantitative estimate of drug-likeness (QED) is 0.858. The van der Waals surface area contributed by atoms with Crippen LogP contribution in [0.25, 0.3) is 0 Å². The highest BCUT2D eigenvalue weighted by atomic mass is 16.3. The van der Waals surface area contributed by atoms with Crippen molar-refractivity contribution in [3.05, 3.63) is 53.7 Å². The Kier molecular flexibility index (Phi) is 4.00. The summed E-state index contributed by atoms with van der Waals surface area (Å²) < 4.78 is 5.41. The van der Waals surface area contributed by atoms with E-state index in [4.69, 9.17) is 4.42 Å². The molecule has 1 atom stereocenters. The zero-order chi connectivity index (χ0) is 16.6. The molecule has 0 radical (unpaired) electrons. The third kappa shape index (κ3) is 2.90. The number of nitrogens with zero attached hydrogens (tertiary/aromatic N) is 2. The number of hydrogen-bond donors (Lipinski definition) is 0. The summed E-state index contributed by atoms with van der Waals surface area (Å²) in [5, 5.41) is 0. The van der Waals surface area contributed by atoms with Gasteiger partial charge in [0, 0.05) is 24.9 Å². The Labute approximate surface area is 137 Å². The minimum atomic E-state index is -0.0195. The lowest BCUT2D eigenvalue weighted by atomic mass is 9.78. The van der Waals surface area contributed by atoms with E-state index in [0.29, 0.717) is 17.4 Å². The molecule has 1 aromatic heterocycles. The summed E-state index contributed by atoms with van der Waals surface area (Å²) in [6.45, 7) is 9.93. The first kappa shape index (κ1) is 15.8. The molecule has 0 aliphatic carbocycles. The van der Waals surface area contributed by atoms with Gasteiger partial charge in [-0.1, -0.05) is 58.0 Å². The van der Waals surface area contributed by atoms with Crippen molar-refractivity contribution < 1.29 is 9.21 Å². The zero-order valence-corrected chi connectivity index (χ0v) is 14.2. The fourth-order valence-corrected chi connectivity index (χ4v) is 3.51. The molecule has 3 rings (SSSR count). The second-order valence-electron chi connectivity index (χ2n) is 7.36. The van der Waals surface area contributed by atoms with Gasteiger partial charge in [-0.2, -0.15) is 0 Å². The second-order valence-corrected chi connectivity index (χ2v) is 7.36. The molecule has 0 N–H and O–H groups in total. The standard InChI is InChI=1S/C19H24N2O2/c1-13(2)17-16(20-12-23-17)18(22)21-10-15(19(3,4)11-21)14-8-6-5-7-9-14/h5-9,12-13,15H,10-11H2,1-4H3. The molecular formula is C19H24N2O2. The third-order valence-corrected chi connectivity index (χ3v) is 4.76. The molecule has 0 saturated carbocycles. The summed E-state index contributed by atoms with van der Waals surface area (Å²) in [6, 6.07) is 10.4. The summed E-state index contributed by atoms with van der Waals surface area (Å²) in [6.07, 6.45) is 1.37. The van der Waals surface area contributed by atoms with E-state index in [0.717, 1.165) is 13.1 Å². The van der Waals surface area contributed by atoms with Crippen LogP contribution < -0.4 is 0 Å². The number of oxazole rings is 1. The van der Waals surface area contributed by atoms with Crippen molar-refractivity contribution in [3.8, 4) is 0 Å². The molecule has 1 fully saturated rings. The second kappa shape index (κ2) is 5.84. The lowest BCUT2D eigenvalue weighted by Gasteiger charge is -2.25. The number of amides is 1. The van der Waals surface area contributed by atoms with Gasteiger partial charge >= 0.3 is 0 Å². The molecule has 1 aliphatic heterocycles. The molecule has 1 aromatic carbocycles. The van der Waals surface area contributed by atoms with E-state index < -0.39 is 0 Å². The summed E-state index contributed by atoms with van der Waals surface area (Å²) in [7, 11) is 0. The monoisotopic (exact) mass is 312 g/mol. The van der Waals surface area contributed by atoms with E-state index in [2.05, 4.69) is 43.1 Å². The van der Waals surface area contributed by atoms with E-state index in [1.54, 1.807) is 0 Å². The molecule has 4 nitrogen and oxygen atoms in total. The van der Waals surface area contributed by atoms with E-state index in [9.17, 15) is 4.79 Å². The predicted molar refractivity (Wildman–Crippen MR) is 89.5 cm³/mol. The van der Waals surface area contributed by atoms with Crippen molar-refractivity contribution in [1.29, 1.82) is 0 Å². The Morgan fingerprint density at radius 2 is 2.00 bits per heavy atom. The highest BCUT2D eigenvalue weighted by Crippen LogP contribution is 2.42. The maximum atomic E-state index is 12.9. The van der Waals surface area contributed by atoms with Crippen LogP contribution in [0.15, 0.2) is 41.1 Å². The number of carbonyl (C=O) groups is 1. The van der Waals surface area contributed by atoms with Crippen LogP contribution in [0.2, 0.25) is 0 Å². The van der Waals surface area contributed by atoms with Crippen LogP contribution in [0.3, 0.4) is 0 Å². The van der Waals surface area contributed by atoms with Crippen LogP contribution in [-0.2, 0) is 0 Å². The minimum absolute atomic E-state index is 0.0195. The summed E-state index contributed by atoms with van der Waals surface area (Å²) in [5.74, 6) is 1.14. The Balaban J connectivity index is 1.85. The molecule has 2 heterocycles. The first-order chi connectivity index (χ1) is 10.9. The van der Waals surface area contributed by atoms with Crippen LogP contribution in [0.1, 0.15) is 61.3 Å². The maximum absolute atomic E-state index is 12.9. The average molecular weight is 312 g/mol. The maximum Gasteiger partial charge on any atom is 0.276 e. The first-order valence-electron chi connectivity index (χ1n) is 8.18. The lowest BCUT2D eigenvalue weighted by Crippen LogP contribution is -2.31. The molecule has 122 valence electrons. The lowest BCUT2D eigenvalue weighted by molar-refractivity contribution is 0.0770. The van der Waals surface area contributed by atoms with Gasteiger partial charge in [-0.15, -0.1) is 0 Å². The molecule has 4 heteroatoms. The molecule has 1 unspecified atom stereocenters. The number of likely N-dealkylation sites (tertiary alicyclic amines) is 1. The molecule has 0 bridgehead atoms. The Morgan fingerprint density at radius 1 is 1.30 bits per heavy atom. The van der Waals surface area contributed by atoms with E-state index in [1.807, 2.05) is 24.8 Å². The normalized spacial score (nSPS) is 20.2. The topological polar surface area (TPSA) is 46.3 Å². The first-order valence-corrected chi connectivity index (χ1v) is 8.18. The molecular weight excluding hydrogens is 288 g/mol. The van der Waals surface area contributed by atoms with Crippen LogP contribution in [-0.4, -0.2) is 28.9 Å². The molecule has 23 heavy (non-hydrogen) atoms. The van der Waals surface area contributed by atoms with Crippen LogP contribution in [0, 0.1) is 5.41 Å². The molecule has 1 saturated heterocycles. The van der Waals surface area contributed by atoms with E-state index in [1.165, 1.54) is 12.0 Å². The van der Waals surface area contributed by atoms with Gasteiger partial charge in [-0.25, -0.2) is 4.98 Å². The summed E-state index contributed by atoms with van der Waals surface area (Å²) in [5.41, 5.74) is 1.79. The highest BCUT2D eigenvalue weighted by Gasteiger charge is 2.43. The molecule has 1 amide bonds. The van der Waals surface area contributed by atoms with Crippen LogP contribution in [0.5, 0.6) is 0 Å². The van der Waals surface area contributed by atoms with Crippen LogP contribution >= 0.6 is 0 Å². The third-order valence-electron chi connectivity index (χ3n) is 4.76. The van der Waals surface area contributed by atoms with E-state index in [-0.39, 0.29) is 17.2 Å². The van der Waals surface area contributed by atoms with Crippen molar-refractivity contribution in [2.45, 2.75) is 39.5 Å². The van der Waals surface area contributed by atoms with Crippen molar-refractivity contribution in [1.82, 2.24) is 9.88 Å². The largest absolute Gasteiger partial charge is 0.447 e. The van der Waals surface area contributed by atoms with Crippen molar-refractivity contribution in [3.63, 3.8) is 0 Å². The summed E-state index contributed by atoms with van der Waals surface area (Å²) >= 11 is 0. The SMILES string of the molecule is CC(C)c1ocnc1C(=O)N1CC(c2ccccc2)C(C)(C)C1. The van der Waals surface area contributed by atoms with Gasteiger partial charge in [0.05, 0.1) is 0 Å². The van der Waals surface area contributed by atoms with Crippen molar-refractivity contribution in [2.75, 3.05) is 13.1 Å². The van der Waals surface area contributed by atoms with Gasteiger partial charge in [0.15, 0.2) is 12.1 Å². The summed E-state index contributed by atoms with van der Waals surface area (Å²) in [4.78, 5) is 19.0. The number of hydrogen-bond acceptors (Lipinski definition) is 3. The highest BCUT2D eigenvalue weighted by molar-refractivity contribution is 5.93. The van der Waals surface area contributed by atoms with Gasteiger partial charge in [0.25, 0.3) is 5.91 Å². The molecule has 2 aromatic rings. The Morgan fingerprint density at radius 3 is 2.65 bits per heavy atom. The molecule has 1 aliphatic rings. The van der Waals surface area contributed by atoms with Gasteiger partial charge in [0.1, 0.15) is 5.76 Å². The zero-order valence-electron chi connectivity index (χ0n) is 14.2. The average Bonchev–Trinajstić information content (AvgIpc) is 3.11. The van der Waals surface area contributed by atoms with Crippen molar-refractivity contribution in [2.24, 2.45) is 5.41 Å². The van der Waals surface area contributed by atoms with Gasteiger partial charge in [-0.3, -0.25) is 4.79 Å². The fourth-order valence-electron chi connectivity index (χ4n) is 3.51. The fraction of sp³-hybridized carbons (Fsp3) is 0.474. The Hall–Kier alpha value is -2.10. The number of carbonyl (C=O) groups excluding carboxylic acids is 1. The van der Waals surface area contributed by atoms with Crippen LogP contribution in [0.4, 0.5) is 0 Å². The molecule has 0 spiro atoms. The Bertz CT molecular complexity index is 688. The number of benzene rings is 1.